The first kappa shape index (κ1) is 7.04. The van der Waals surface area contributed by atoms with E-state index in [1.165, 1.54) is 0 Å². The summed E-state index contributed by atoms with van der Waals surface area (Å²) in [6.07, 6.45) is 0. The largest absolute Gasteiger partial charge is 0.369 e. The highest BCUT2D eigenvalue weighted by Gasteiger charge is 2.07. The number of fused-ring (bicyclic) bond motifs is 1. The molecule has 1 aromatic heterocycles. The van der Waals surface area contributed by atoms with Gasteiger partial charge in [-0.05, 0) is 0 Å². The van der Waals surface area contributed by atoms with Crippen LogP contribution in [0.2, 0.25) is 0 Å². The molecule has 0 saturated heterocycles. The average Bonchev–Trinajstić information content (AvgIpc) is 2.29. The molecule has 1 aromatic rings. The van der Waals surface area contributed by atoms with Crippen molar-refractivity contribution in [3.8, 4) is 0 Å². The van der Waals surface area contributed by atoms with Crippen LogP contribution in [0, 0.1) is 4.64 Å². The number of nitrogens with two attached hydrogens (primary N) is 1. The Morgan fingerprint density at radius 3 is 2.92 bits per heavy atom. The number of hydrogen-bond donors (Lipinski definition) is 2. The van der Waals surface area contributed by atoms with Gasteiger partial charge in [-0.2, -0.15) is 9.98 Å². The Kier molecular flexibility index (Phi) is 1.28. The number of carbonyl (C=O) groups is 1. The molecule has 2 amide bonds. The number of nitrogens with zero attached hydrogens (tertiary/aromatic N) is 3. The van der Waals surface area contributed by atoms with E-state index in [1.807, 2.05) is 0 Å². The Labute approximate surface area is 70.9 Å². The minimum Gasteiger partial charge on any atom is -0.369 e. The van der Waals surface area contributed by atoms with Gasteiger partial charge in [0.1, 0.15) is 5.36 Å². The molecule has 7 heteroatoms. The van der Waals surface area contributed by atoms with E-state index in [4.69, 9.17) is 18.0 Å². The number of urea groups is 1. The number of carbonyl (C=O) groups excluding carboxylic acids is 1. The van der Waals surface area contributed by atoms with E-state index >= 15 is 0 Å². The van der Waals surface area contributed by atoms with Gasteiger partial charge < -0.3 is 10.7 Å². The third-order valence-corrected chi connectivity index (χ3v) is 1.59. The van der Waals surface area contributed by atoms with Crippen LogP contribution in [0.4, 0.5) is 10.7 Å². The Balaban J connectivity index is 3.05. The van der Waals surface area contributed by atoms with Gasteiger partial charge in [0, 0.05) is 0 Å². The third kappa shape index (κ3) is 0.909. The standard InChI is InChI=1S/C5H3N5OS/c6-4-8-2-1(3(12)10-4)7-5(11)9-2/h(H3,6,8,9,10,11,12). The summed E-state index contributed by atoms with van der Waals surface area (Å²) in [4.78, 5) is 24.0. The summed E-state index contributed by atoms with van der Waals surface area (Å²) >= 11 is 4.80. The number of nitrogen functional groups attached to an aromatic ring is 1. The Hall–Kier alpha value is -1.63. The fraction of sp³-hybridized carbons (Fsp3) is 0. The zero-order valence-electron chi connectivity index (χ0n) is 5.74. The van der Waals surface area contributed by atoms with Crippen molar-refractivity contribution in [3.63, 3.8) is 0 Å². The van der Waals surface area contributed by atoms with E-state index in [-0.39, 0.29) is 16.1 Å². The number of amides is 2. The summed E-state index contributed by atoms with van der Waals surface area (Å²) in [7, 11) is 0. The average molecular weight is 181 g/mol. The number of anilines is 1. The van der Waals surface area contributed by atoms with Gasteiger partial charge in [0.25, 0.3) is 0 Å². The van der Waals surface area contributed by atoms with Crippen molar-refractivity contribution in [1.29, 1.82) is 0 Å². The van der Waals surface area contributed by atoms with E-state index in [0.29, 0.717) is 5.36 Å². The minimum atomic E-state index is -0.584. The smallest absolute Gasteiger partial charge is 0.369 e. The van der Waals surface area contributed by atoms with Crippen LogP contribution in [0.1, 0.15) is 0 Å². The molecular weight excluding hydrogens is 178 g/mol. The van der Waals surface area contributed by atoms with Gasteiger partial charge in [-0.15, -0.1) is 0 Å². The molecule has 12 heavy (non-hydrogen) atoms. The van der Waals surface area contributed by atoms with Gasteiger partial charge in [0.05, 0.1) is 0 Å². The lowest BCUT2D eigenvalue weighted by Crippen LogP contribution is -2.28. The topological polar surface area (TPSA) is 96.5 Å². The molecule has 0 aromatic carbocycles. The predicted molar refractivity (Wildman–Crippen MR) is 41.5 cm³/mol. The number of aromatic nitrogens is 2. The summed E-state index contributed by atoms with van der Waals surface area (Å²) in [5.74, 6) is 0.132. The number of rotatable bonds is 0. The molecule has 3 N–H and O–H groups in total. The first-order valence-electron chi connectivity index (χ1n) is 3.04. The Bertz CT molecular complexity index is 530. The maximum atomic E-state index is 10.7. The van der Waals surface area contributed by atoms with Crippen molar-refractivity contribution in [2.45, 2.75) is 0 Å². The van der Waals surface area contributed by atoms with Crippen LogP contribution in [0.5, 0.6) is 0 Å². The van der Waals surface area contributed by atoms with Crippen LogP contribution >= 0.6 is 12.2 Å². The van der Waals surface area contributed by atoms with Gasteiger partial charge in [-0.25, -0.2) is 9.78 Å². The normalized spacial score (nSPS) is 13.5. The predicted octanol–water partition coefficient (Wildman–Crippen LogP) is -0.906. The van der Waals surface area contributed by atoms with Crippen LogP contribution in [0.25, 0.3) is 0 Å². The van der Waals surface area contributed by atoms with Gasteiger partial charge in [0.2, 0.25) is 5.95 Å². The molecular formula is C5H3N5OS. The zero-order valence-corrected chi connectivity index (χ0v) is 6.55. The number of H-pyrrole nitrogens is 1. The molecule has 6 nitrogen and oxygen atoms in total. The lowest BCUT2D eigenvalue weighted by Gasteiger charge is -1.88. The maximum Gasteiger partial charge on any atom is 0.369 e. The molecule has 60 valence electrons. The maximum absolute atomic E-state index is 10.7. The van der Waals surface area contributed by atoms with Gasteiger partial charge in [-0.3, -0.25) is 0 Å². The lowest BCUT2D eigenvalue weighted by molar-refractivity contribution is 0.256. The number of hydrogen-bond acceptors (Lipinski definition) is 4. The highest BCUT2D eigenvalue weighted by atomic mass is 32.1. The van der Waals surface area contributed by atoms with E-state index in [0.717, 1.165) is 0 Å². The Morgan fingerprint density at radius 1 is 1.42 bits per heavy atom. The molecule has 2 heterocycles. The third-order valence-electron chi connectivity index (χ3n) is 1.31. The molecule has 2 rings (SSSR count). The van der Waals surface area contributed by atoms with E-state index in [1.54, 1.807) is 0 Å². The van der Waals surface area contributed by atoms with E-state index in [2.05, 4.69) is 20.0 Å². The summed E-state index contributed by atoms with van der Waals surface area (Å²) in [5.41, 5.74) is 5.62. The van der Waals surface area contributed by atoms with Crippen molar-refractivity contribution in [1.82, 2.24) is 9.97 Å². The SMILES string of the molecule is Nc1nc(=S)c2c([nH]1)=NC(=O)N=2. The van der Waals surface area contributed by atoms with Crippen LogP contribution < -0.4 is 16.6 Å². The van der Waals surface area contributed by atoms with Gasteiger partial charge in [0.15, 0.2) is 10.1 Å². The summed E-state index contributed by atoms with van der Waals surface area (Å²) in [5, 5.41) is 0.296. The van der Waals surface area contributed by atoms with Crippen LogP contribution in [0.3, 0.4) is 0 Å². The first-order chi connectivity index (χ1) is 5.66. The molecule has 0 radical (unpaired) electrons. The Morgan fingerprint density at radius 2 is 2.17 bits per heavy atom. The van der Waals surface area contributed by atoms with Crippen molar-refractivity contribution in [2.75, 3.05) is 5.73 Å². The highest BCUT2D eigenvalue weighted by molar-refractivity contribution is 7.71. The van der Waals surface area contributed by atoms with Crippen LogP contribution in [0.15, 0.2) is 9.98 Å². The molecule has 0 unspecified atom stereocenters. The molecule has 0 spiro atoms. The molecule has 1 aliphatic rings. The van der Waals surface area contributed by atoms with Crippen molar-refractivity contribution in [2.24, 2.45) is 9.98 Å². The van der Waals surface area contributed by atoms with E-state index < -0.39 is 6.03 Å². The minimum absolute atomic E-state index is 0.132. The van der Waals surface area contributed by atoms with Gasteiger partial charge >= 0.3 is 6.03 Å². The second-order valence-electron chi connectivity index (χ2n) is 2.13. The molecule has 1 aliphatic heterocycles. The summed E-state index contributed by atoms with van der Waals surface area (Å²) < 4.78 is 0.191. The molecule has 0 atom stereocenters. The van der Waals surface area contributed by atoms with Crippen LogP contribution in [-0.2, 0) is 0 Å². The van der Waals surface area contributed by atoms with Crippen molar-refractivity contribution in [3.05, 3.63) is 15.5 Å². The summed E-state index contributed by atoms with van der Waals surface area (Å²) in [6, 6.07) is -0.584. The fourth-order valence-corrected chi connectivity index (χ4v) is 1.11. The number of aromatic amines is 1. The monoisotopic (exact) mass is 181 g/mol. The van der Waals surface area contributed by atoms with Crippen molar-refractivity contribution < 1.29 is 4.79 Å². The quantitative estimate of drug-likeness (QED) is 0.506. The van der Waals surface area contributed by atoms with Crippen LogP contribution in [-0.4, -0.2) is 16.0 Å². The second-order valence-corrected chi connectivity index (χ2v) is 2.52. The molecule has 0 bridgehead atoms. The number of nitrogens with one attached hydrogen (secondary N) is 1. The van der Waals surface area contributed by atoms with Crippen molar-refractivity contribution >= 4 is 24.2 Å². The molecule has 0 aliphatic carbocycles. The van der Waals surface area contributed by atoms with E-state index in [9.17, 15) is 4.79 Å². The first-order valence-corrected chi connectivity index (χ1v) is 3.45. The second kappa shape index (κ2) is 2.18. The lowest BCUT2D eigenvalue weighted by atomic mass is 10.6. The summed E-state index contributed by atoms with van der Waals surface area (Å²) in [6.45, 7) is 0. The van der Waals surface area contributed by atoms with Gasteiger partial charge in [-0.1, -0.05) is 12.2 Å². The highest BCUT2D eigenvalue weighted by Crippen LogP contribution is 1.86. The zero-order chi connectivity index (χ0) is 8.72. The molecule has 0 saturated carbocycles. The molecule has 0 fully saturated rings. The fourth-order valence-electron chi connectivity index (χ4n) is 0.870.